The van der Waals surface area contributed by atoms with E-state index in [0.29, 0.717) is 11.5 Å². The zero-order chi connectivity index (χ0) is 23.6. The van der Waals surface area contributed by atoms with Gasteiger partial charge in [0.25, 0.3) is 0 Å². The summed E-state index contributed by atoms with van der Waals surface area (Å²) in [6.07, 6.45) is 3.22. The molecule has 34 heavy (non-hydrogen) atoms. The van der Waals surface area contributed by atoms with E-state index in [1.807, 2.05) is 68.4 Å². The quantitative estimate of drug-likeness (QED) is 0.439. The highest BCUT2D eigenvalue weighted by molar-refractivity contribution is 5.90. The Morgan fingerprint density at radius 3 is 2.44 bits per heavy atom. The molecule has 7 atom stereocenters. The minimum Gasteiger partial charge on any atom is -0.459 e. The normalized spacial score (nSPS) is 40.4. The molecule has 180 valence electrons. The fraction of sp³-hybridized carbons (Fsp3) is 0.536. The van der Waals surface area contributed by atoms with Crippen LogP contribution < -0.4 is 0 Å². The van der Waals surface area contributed by atoms with Gasteiger partial charge in [0.05, 0.1) is 5.56 Å². The van der Waals surface area contributed by atoms with Gasteiger partial charge in [-0.25, -0.2) is 14.6 Å². The van der Waals surface area contributed by atoms with Crippen LogP contribution in [-0.4, -0.2) is 35.9 Å². The van der Waals surface area contributed by atoms with Crippen LogP contribution in [0.15, 0.2) is 54.6 Å². The van der Waals surface area contributed by atoms with Crippen molar-refractivity contribution >= 4 is 5.97 Å². The predicted octanol–water partition coefficient (Wildman–Crippen LogP) is 5.51. The number of hydrogen-bond acceptors (Lipinski definition) is 6. The van der Waals surface area contributed by atoms with Gasteiger partial charge in [-0.3, -0.25) is 0 Å². The predicted molar refractivity (Wildman–Crippen MR) is 124 cm³/mol. The number of benzene rings is 2. The van der Waals surface area contributed by atoms with Crippen LogP contribution in [0.3, 0.4) is 0 Å². The topological polar surface area (TPSA) is 63.2 Å². The van der Waals surface area contributed by atoms with Crippen molar-refractivity contribution in [1.29, 1.82) is 0 Å². The largest absolute Gasteiger partial charge is 0.459 e. The lowest BCUT2D eigenvalue weighted by Crippen LogP contribution is -2.62. The summed E-state index contributed by atoms with van der Waals surface area (Å²) in [5.41, 5.74) is 1.32. The Balaban J connectivity index is 1.20. The van der Waals surface area contributed by atoms with Crippen molar-refractivity contribution in [3.63, 3.8) is 0 Å². The van der Waals surface area contributed by atoms with E-state index in [9.17, 15) is 4.79 Å². The van der Waals surface area contributed by atoms with Crippen LogP contribution in [0.1, 0.15) is 56.8 Å². The molecule has 0 radical (unpaired) electrons. The van der Waals surface area contributed by atoms with Crippen LogP contribution in [0, 0.1) is 17.8 Å². The van der Waals surface area contributed by atoms with Crippen molar-refractivity contribution in [3.05, 3.63) is 60.2 Å². The smallest absolute Gasteiger partial charge is 0.338 e. The Kier molecular flexibility index (Phi) is 5.16. The minimum atomic E-state index is -0.806. The summed E-state index contributed by atoms with van der Waals surface area (Å²) in [7, 11) is 0. The highest BCUT2D eigenvalue weighted by atomic mass is 17.3. The second-order valence-electron chi connectivity index (χ2n) is 10.8. The van der Waals surface area contributed by atoms with Gasteiger partial charge in [-0.05, 0) is 68.2 Å². The highest BCUT2D eigenvalue weighted by Crippen LogP contribution is 2.63. The van der Waals surface area contributed by atoms with Crippen LogP contribution in [0.4, 0.5) is 0 Å². The molecule has 0 aromatic heterocycles. The van der Waals surface area contributed by atoms with Crippen molar-refractivity contribution in [2.24, 2.45) is 17.8 Å². The third-order valence-electron chi connectivity index (χ3n) is 8.55. The van der Waals surface area contributed by atoms with Crippen LogP contribution in [0.5, 0.6) is 0 Å². The molecule has 0 amide bonds. The van der Waals surface area contributed by atoms with Crippen LogP contribution >= 0.6 is 0 Å². The average Bonchev–Trinajstić information content (AvgIpc) is 2.93. The lowest BCUT2D eigenvalue weighted by Gasteiger charge is -2.50. The van der Waals surface area contributed by atoms with E-state index in [1.165, 1.54) is 0 Å². The molecule has 5 fully saturated rings. The Morgan fingerprint density at radius 2 is 1.68 bits per heavy atom. The molecule has 2 bridgehead atoms. The first kappa shape index (κ1) is 22.2. The first-order valence-electron chi connectivity index (χ1n) is 12.4. The van der Waals surface area contributed by atoms with Crippen LogP contribution in [0.2, 0.25) is 0 Å². The fourth-order valence-electron chi connectivity index (χ4n) is 6.67. The van der Waals surface area contributed by atoms with Crippen molar-refractivity contribution in [2.75, 3.05) is 6.61 Å². The molecule has 4 aliphatic heterocycles. The summed E-state index contributed by atoms with van der Waals surface area (Å²) in [6.45, 7) is 6.35. The summed E-state index contributed by atoms with van der Waals surface area (Å²) in [4.78, 5) is 24.9. The molecule has 1 saturated carbocycles. The third-order valence-corrected chi connectivity index (χ3v) is 8.55. The molecule has 4 saturated heterocycles. The molecule has 5 aliphatic rings. The Hall–Kier alpha value is -2.25. The summed E-state index contributed by atoms with van der Waals surface area (Å²) >= 11 is 0. The maximum atomic E-state index is 12.9. The maximum absolute atomic E-state index is 12.9. The SMILES string of the molecule is C[C@@H]1CC[C@H]2C(C)(COC(=O)c3ccc(-c4ccccc4)cc3)O[C@@H]3O[C@]4(C)CC[C@@H]1[C@]32OO4. The van der Waals surface area contributed by atoms with Gasteiger partial charge in [0.1, 0.15) is 12.2 Å². The lowest BCUT2D eigenvalue weighted by atomic mass is 9.60. The third kappa shape index (κ3) is 3.34. The van der Waals surface area contributed by atoms with E-state index in [1.54, 1.807) is 0 Å². The molecule has 2 aromatic rings. The molecule has 6 heteroatoms. The van der Waals surface area contributed by atoms with Gasteiger partial charge in [0.15, 0.2) is 11.9 Å². The van der Waals surface area contributed by atoms with Crippen molar-refractivity contribution in [3.8, 4) is 11.1 Å². The van der Waals surface area contributed by atoms with E-state index in [4.69, 9.17) is 24.0 Å². The minimum absolute atomic E-state index is 0.0158. The van der Waals surface area contributed by atoms with Crippen molar-refractivity contribution in [1.82, 2.24) is 0 Å². The highest BCUT2D eigenvalue weighted by Gasteiger charge is 2.74. The molecule has 1 aliphatic carbocycles. The van der Waals surface area contributed by atoms with E-state index in [2.05, 4.69) is 6.92 Å². The summed E-state index contributed by atoms with van der Waals surface area (Å²) < 4.78 is 18.7. The van der Waals surface area contributed by atoms with Gasteiger partial charge in [-0.2, -0.15) is 0 Å². The van der Waals surface area contributed by atoms with Gasteiger partial charge in [-0.15, -0.1) is 0 Å². The lowest BCUT2D eigenvalue weighted by molar-refractivity contribution is -0.541. The van der Waals surface area contributed by atoms with E-state index < -0.39 is 23.3 Å². The molecule has 4 heterocycles. The maximum Gasteiger partial charge on any atom is 0.338 e. The number of esters is 1. The molecule has 6 nitrogen and oxygen atoms in total. The first-order chi connectivity index (χ1) is 16.3. The Morgan fingerprint density at radius 1 is 0.941 bits per heavy atom. The standard InChI is InChI=1S/C28H32O6/c1-18-9-14-23-26(2,31-25-28(23)22(18)15-16-27(3,32-25)33-34-28)17-30-24(29)21-12-10-20(11-13-21)19-7-5-4-6-8-19/h4-8,10-13,18,22-23,25H,9,14-17H2,1-3H3/t18-,22+,23+,25-,26?,27+,28-/m1/s1. The average molecular weight is 465 g/mol. The van der Waals surface area contributed by atoms with E-state index >= 15 is 0 Å². The number of carbonyl (C=O) groups is 1. The number of hydrogen-bond donors (Lipinski definition) is 0. The molecular weight excluding hydrogens is 432 g/mol. The molecule has 7 rings (SSSR count). The van der Waals surface area contributed by atoms with E-state index in [-0.39, 0.29) is 24.4 Å². The zero-order valence-electron chi connectivity index (χ0n) is 20.0. The molecular formula is C28H32O6. The number of carbonyl (C=O) groups excluding carboxylic acids is 1. The number of rotatable bonds is 4. The van der Waals surface area contributed by atoms with Gasteiger partial charge >= 0.3 is 5.97 Å². The van der Waals surface area contributed by atoms with Gasteiger partial charge in [0.2, 0.25) is 5.79 Å². The van der Waals surface area contributed by atoms with Crippen molar-refractivity contribution in [2.45, 2.75) is 69.7 Å². The number of fused-ring (bicyclic) bond motifs is 2. The number of ether oxygens (including phenoxy) is 3. The molecule has 2 aromatic carbocycles. The zero-order valence-corrected chi connectivity index (χ0v) is 20.0. The Bertz CT molecular complexity index is 1070. The second-order valence-corrected chi connectivity index (χ2v) is 10.8. The summed E-state index contributed by atoms with van der Waals surface area (Å²) in [5, 5.41) is 0. The molecule has 1 spiro atoms. The summed E-state index contributed by atoms with van der Waals surface area (Å²) in [6, 6.07) is 17.6. The first-order valence-corrected chi connectivity index (χ1v) is 12.4. The monoisotopic (exact) mass is 464 g/mol. The van der Waals surface area contributed by atoms with E-state index in [0.717, 1.165) is 36.8 Å². The van der Waals surface area contributed by atoms with Gasteiger partial charge < -0.3 is 14.2 Å². The Labute approximate surface area is 200 Å². The molecule has 1 unspecified atom stereocenters. The van der Waals surface area contributed by atoms with Crippen molar-refractivity contribution < 1.29 is 28.8 Å². The second kappa shape index (κ2) is 7.89. The van der Waals surface area contributed by atoms with Crippen LogP contribution in [0.25, 0.3) is 11.1 Å². The van der Waals surface area contributed by atoms with Crippen LogP contribution in [-0.2, 0) is 24.0 Å². The van der Waals surface area contributed by atoms with Gasteiger partial charge in [0, 0.05) is 12.3 Å². The summed E-state index contributed by atoms with van der Waals surface area (Å²) in [5.74, 6) is -0.377. The molecule has 0 N–H and O–H groups in total. The van der Waals surface area contributed by atoms with Gasteiger partial charge in [-0.1, -0.05) is 49.4 Å². The fourth-order valence-corrected chi connectivity index (χ4v) is 6.67.